The SMILES string of the molecule is CCOC1CC(NC(=O)Nc2ccc(C(=O)O)c(F)c2)C1. The van der Waals surface area contributed by atoms with Crippen LogP contribution in [-0.4, -0.2) is 35.9 Å². The van der Waals surface area contributed by atoms with Crippen LogP contribution in [0.1, 0.15) is 30.1 Å². The molecule has 3 N–H and O–H groups in total. The number of urea groups is 1. The van der Waals surface area contributed by atoms with Crippen molar-refractivity contribution in [3.63, 3.8) is 0 Å². The molecule has 0 heterocycles. The van der Waals surface area contributed by atoms with Gasteiger partial charge in [0.1, 0.15) is 5.82 Å². The third-order valence-electron chi connectivity index (χ3n) is 3.29. The molecular formula is C14H17FN2O4. The monoisotopic (exact) mass is 296 g/mol. The van der Waals surface area contributed by atoms with Gasteiger partial charge in [0.25, 0.3) is 0 Å². The van der Waals surface area contributed by atoms with Gasteiger partial charge < -0.3 is 20.5 Å². The second-order valence-electron chi connectivity index (χ2n) is 4.84. The molecule has 0 aromatic heterocycles. The lowest BCUT2D eigenvalue weighted by Crippen LogP contribution is -2.49. The highest BCUT2D eigenvalue weighted by Gasteiger charge is 2.30. The standard InChI is InChI=1S/C14H17FN2O4/c1-2-21-10-5-9(6-10)17-14(20)16-8-3-4-11(13(18)19)12(15)7-8/h3-4,7,9-10H,2,5-6H2,1H3,(H,18,19)(H2,16,17,20). The van der Waals surface area contributed by atoms with Crippen LogP contribution in [-0.2, 0) is 4.74 Å². The first-order valence-corrected chi connectivity index (χ1v) is 6.71. The van der Waals surface area contributed by atoms with E-state index in [1.165, 1.54) is 6.07 Å². The van der Waals surface area contributed by atoms with Crippen molar-refractivity contribution in [3.8, 4) is 0 Å². The van der Waals surface area contributed by atoms with Gasteiger partial charge >= 0.3 is 12.0 Å². The number of aromatic carboxylic acids is 1. The highest BCUT2D eigenvalue weighted by molar-refractivity contribution is 5.91. The molecule has 7 heteroatoms. The van der Waals surface area contributed by atoms with E-state index in [9.17, 15) is 14.0 Å². The molecule has 21 heavy (non-hydrogen) atoms. The molecule has 0 atom stereocenters. The van der Waals surface area contributed by atoms with Crippen molar-refractivity contribution in [2.45, 2.75) is 31.9 Å². The molecule has 2 rings (SSSR count). The third-order valence-corrected chi connectivity index (χ3v) is 3.29. The number of carbonyl (C=O) groups excluding carboxylic acids is 1. The normalized spacial score (nSPS) is 20.5. The number of hydrogen-bond donors (Lipinski definition) is 3. The predicted octanol–water partition coefficient (Wildman–Crippen LogP) is 2.21. The van der Waals surface area contributed by atoms with E-state index < -0.39 is 23.4 Å². The van der Waals surface area contributed by atoms with Gasteiger partial charge in [0, 0.05) is 18.3 Å². The van der Waals surface area contributed by atoms with Gasteiger partial charge in [-0.1, -0.05) is 0 Å². The van der Waals surface area contributed by atoms with Crippen molar-refractivity contribution < 1.29 is 23.8 Å². The maximum absolute atomic E-state index is 13.5. The molecular weight excluding hydrogens is 279 g/mol. The molecule has 1 saturated carbocycles. The lowest BCUT2D eigenvalue weighted by Gasteiger charge is -2.35. The van der Waals surface area contributed by atoms with Crippen LogP contribution in [0.3, 0.4) is 0 Å². The Morgan fingerprint density at radius 3 is 2.71 bits per heavy atom. The molecule has 0 radical (unpaired) electrons. The van der Waals surface area contributed by atoms with Crippen molar-refractivity contribution in [1.82, 2.24) is 5.32 Å². The molecule has 1 fully saturated rings. The fraction of sp³-hybridized carbons (Fsp3) is 0.429. The van der Waals surface area contributed by atoms with Gasteiger partial charge in [0.05, 0.1) is 11.7 Å². The summed E-state index contributed by atoms with van der Waals surface area (Å²) in [6.07, 6.45) is 1.70. The fourth-order valence-corrected chi connectivity index (χ4v) is 2.17. The summed E-state index contributed by atoms with van der Waals surface area (Å²) in [4.78, 5) is 22.4. The van der Waals surface area contributed by atoms with E-state index in [0.717, 1.165) is 25.0 Å². The Morgan fingerprint density at radius 1 is 1.43 bits per heavy atom. The first-order valence-electron chi connectivity index (χ1n) is 6.71. The number of rotatable bonds is 5. The maximum Gasteiger partial charge on any atom is 0.338 e. The highest BCUT2D eigenvalue weighted by Crippen LogP contribution is 2.23. The zero-order chi connectivity index (χ0) is 15.4. The van der Waals surface area contributed by atoms with Crippen LogP contribution in [0.5, 0.6) is 0 Å². The molecule has 0 aliphatic heterocycles. The summed E-state index contributed by atoms with van der Waals surface area (Å²) in [6, 6.07) is 3.03. The Labute approximate surface area is 121 Å². The number of amides is 2. The molecule has 0 unspecified atom stereocenters. The number of anilines is 1. The second-order valence-corrected chi connectivity index (χ2v) is 4.84. The van der Waals surface area contributed by atoms with E-state index in [-0.39, 0.29) is 17.8 Å². The maximum atomic E-state index is 13.5. The first kappa shape index (κ1) is 15.2. The summed E-state index contributed by atoms with van der Waals surface area (Å²) < 4.78 is 18.8. The lowest BCUT2D eigenvalue weighted by atomic mass is 9.89. The van der Waals surface area contributed by atoms with E-state index >= 15 is 0 Å². The van der Waals surface area contributed by atoms with Crippen LogP contribution in [0.2, 0.25) is 0 Å². The summed E-state index contributed by atoms with van der Waals surface area (Å²) >= 11 is 0. The Bertz CT molecular complexity index is 544. The topological polar surface area (TPSA) is 87.7 Å². The number of benzene rings is 1. The number of nitrogens with one attached hydrogen (secondary N) is 2. The van der Waals surface area contributed by atoms with Crippen molar-refractivity contribution in [3.05, 3.63) is 29.6 Å². The summed E-state index contributed by atoms with van der Waals surface area (Å²) in [5, 5.41) is 13.9. The zero-order valence-corrected chi connectivity index (χ0v) is 11.6. The Hall–Kier alpha value is -2.15. The van der Waals surface area contributed by atoms with Crippen LogP contribution in [0.15, 0.2) is 18.2 Å². The van der Waals surface area contributed by atoms with E-state index in [1.54, 1.807) is 0 Å². The summed E-state index contributed by atoms with van der Waals surface area (Å²) in [5.41, 5.74) is -0.227. The molecule has 1 aliphatic rings. The lowest BCUT2D eigenvalue weighted by molar-refractivity contribution is -0.00673. The van der Waals surface area contributed by atoms with Crippen LogP contribution < -0.4 is 10.6 Å². The zero-order valence-electron chi connectivity index (χ0n) is 11.6. The van der Waals surface area contributed by atoms with E-state index in [0.29, 0.717) is 6.61 Å². The summed E-state index contributed by atoms with van der Waals surface area (Å²) in [5.74, 6) is -2.24. The summed E-state index contributed by atoms with van der Waals surface area (Å²) in [7, 11) is 0. The number of carboxylic acids is 1. The number of halogens is 1. The molecule has 1 aliphatic carbocycles. The van der Waals surface area contributed by atoms with Crippen LogP contribution in [0.25, 0.3) is 0 Å². The largest absolute Gasteiger partial charge is 0.478 e. The second kappa shape index (κ2) is 6.53. The van der Waals surface area contributed by atoms with Crippen molar-refractivity contribution in [2.24, 2.45) is 0 Å². The van der Waals surface area contributed by atoms with Gasteiger partial charge in [-0.25, -0.2) is 14.0 Å². The number of ether oxygens (including phenoxy) is 1. The summed E-state index contributed by atoms with van der Waals surface area (Å²) in [6.45, 7) is 2.57. The van der Waals surface area contributed by atoms with Gasteiger partial charge in [-0.15, -0.1) is 0 Å². The average Bonchev–Trinajstić information content (AvgIpc) is 2.35. The van der Waals surface area contributed by atoms with E-state index in [1.807, 2.05) is 6.92 Å². The van der Waals surface area contributed by atoms with Crippen molar-refractivity contribution in [1.29, 1.82) is 0 Å². The molecule has 0 saturated heterocycles. The molecule has 0 bridgehead atoms. The Morgan fingerprint density at radius 2 is 2.14 bits per heavy atom. The van der Waals surface area contributed by atoms with Crippen LogP contribution in [0.4, 0.5) is 14.9 Å². The molecule has 0 spiro atoms. The first-order chi connectivity index (χ1) is 9.99. The van der Waals surface area contributed by atoms with Crippen LogP contribution >= 0.6 is 0 Å². The number of hydrogen-bond acceptors (Lipinski definition) is 3. The smallest absolute Gasteiger partial charge is 0.338 e. The average molecular weight is 296 g/mol. The molecule has 2 amide bonds. The minimum Gasteiger partial charge on any atom is -0.478 e. The number of carbonyl (C=O) groups is 2. The number of carboxylic acid groups (broad SMARTS) is 1. The van der Waals surface area contributed by atoms with Gasteiger partial charge in [-0.05, 0) is 38.0 Å². The Kier molecular flexibility index (Phi) is 4.74. The van der Waals surface area contributed by atoms with E-state index in [2.05, 4.69) is 10.6 Å². The molecule has 6 nitrogen and oxygen atoms in total. The molecule has 114 valence electrons. The van der Waals surface area contributed by atoms with Crippen molar-refractivity contribution >= 4 is 17.7 Å². The fourth-order valence-electron chi connectivity index (χ4n) is 2.17. The molecule has 1 aromatic rings. The Balaban J connectivity index is 1.83. The molecule has 1 aromatic carbocycles. The minimum absolute atomic E-state index is 0.0460. The van der Waals surface area contributed by atoms with Gasteiger partial charge in [0.15, 0.2) is 0 Å². The van der Waals surface area contributed by atoms with Gasteiger partial charge in [0.2, 0.25) is 0 Å². The van der Waals surface area contributed by atoms with Crippen molar-refractivity contribution in [2.75, 3.05) is 11.9 Å². The van der Waals surface area contributed by atoms with E-state index in [4.69, 9.17) is 9.84 Å². The highest BCUT2D eigenvalue weighted by atomic mass is 19.1. The quantitative estimate of drug-likeness (QED) is 0.777. The third kappa shape index (κ3) is 3.91. The predicted molar refractivity (Wildman–Crippen MR) is 73.9 cm³/mol. The van der Waals surface area contributed by atoms with Gasteiger partial charge in [-0.3, -0.25) is 0 Å². The van der Waals surface area contributed by atoms with Crippen LogP contribution in [0, 0.1) is 5.82 Å². The minimum atomic E-state index is -1.35. The van der Waals surface area contributed by atoms with Gasteiger partial charge in [-0.2, -0.15) is 0 Å².